The zero-order valence-electron chi connectivity index (χ0n) is 16.3. The van der Waals surface area contributed by atoms with Gasteiger partial charge in [0.1, 0.15) is 0 Å². The van der Waals surface area contributed by atoms with E-state index in [9.17, 15) is 9.59 Å². The Hall–Kier alpha value is -1.91. The maximum absolute atomic E-state index is 12.9. The van der Waals surface area contributed by atoms with Crippen LogP contribution in [0.25, 0.3) is 0 Å². The number of carbonyl (C=O) groups is 2. The van der Waals surface area contributed by atoms with E-state index in [1.165, 1.54) is 0 Å². The van der Waals surface area contributed by atoms with E-state index in [-0.39, 0.29) is 17.5 Å². The van der Waals surface area contributed by atoms with Gasteiger partial charge in [0.2, 0.25) is 0 Å². The molecule has 1 saturated heterocycles. The number of rotatable bonds is 5. The first kappa shape index (κ1) is 19.8. The SMILES string of the molecule is CC1=CC(=O)C(CCC(=O)c2cc(Cl)cc(N3CCNCC3)c2C)C(C)=C1. The van der Waals surface area contributed by atoms with Crippen molar-refractivity contribution in [1.82, 2.24) is 5.32 Å². The molecule has 0 aromatic heterocycles. The first-order valence-electron chi connectivity index (χ1n) is 9.56. The average Bonchev–Trinajstić information content (AvgIpc) is 2.63. The zero-order chi connectivity index (χ0) is 19.6. The van der Waals surface area contributed by atoms with Gasteiger partial charge in [-0.05, 0) is 56.5 Å². The number of hydrogen-bond acceptors (Lipinski definition) is 4. The highest BCUT2D eigenvalue weighted by atomic mass is 35.5. The van der Waals surface area contributed by atoms with E-state index in [4.69, 9.17) is 11.6 Å². The third-order valence-electron chi connectivity index (χ3n) is 5.48. The van der Waals surface area contributed by atoms with E-state index >= 15 is 0 Å². The Bertz CT molecular complexity index is 820. The first-order chi connectivity index (χ1) is 12.9. The highest BCUT2D eigenvalue weighted by molar-refractivity contribution is 6.31. The van der Waals surface area contributed by atoms with Crippen molar-refractivity contribution >= 4 is 28.9 Å². The summed E-state index contributed by atoms with van der Waals surface area (Å²) < 4.78 is 0. The fourth-order valence-corrected chi connectivity index (χ4v) is 4.23. The highest BCUT2D eigenvalue weighted by Crippen LogP contribution is 2.31. The molecule has 0 saturated carbocycles. The van der Waals surface area contributed by atoms with Gasteiger partial charge in [0.05, 0.1) is 0 Å². The summed E-state index contributed by atoms with van der Waals surface area (Å²) in [4.78, 5) is 27.5. The number of nitrogens with zero attached hydrogens (tertiary/aromatic N) is 1. The molecule has 0 bridgehead atoms. The van der Waals surface area contributed by atoms with Gasteiger partial charge in [-0.2, -0.15) is 0 Å². The van der Waals surface area contributed by atoms with Gasteiger partial charge >= 0.3 is 0 Å². The van der Waals surface area contributed by atoms with E-state index in [2.05, 4.69) is 10.2 Å². The van der Waals surface area contributed by atoms with Crippen LogP contribution in [0, 0.1) is 12.8 Å². The molecular formula is C22H27ClN2O2. The van der Waals surface area contributed by atoms with Crippen LogP contribution in [0.4, 0.5) is 5.69 Å². The zero-order valence-corrected chi connectivity index (χ0v) is 17.0. The van der Waals surface area contributed by atoms with Crippen molar-refractivity contribution in [2.75, 3.05) is 31.1 Å². The summed E-state index contributed by atoms with van der Waals surface area (Å²) in [5.41, 5.74) is 4.70. The molecule has 1 aromatic rings. The minimum Gasteiger partial charge on any atom is -0.369 e. The number of hydrogen-bond donors (Lipinski definition) is 1. The van der Waals surface area contributed by atoms with Crippen molar-refractivity contribution in [2.24, 2.45) is 5.92 Å². The number of ketones is 2. The standard InChI is InChI=1S/C22H27ClN2O2/c1-14-10-15(2)18(22(27)11-14)4-5-21(26)19-12-17(23)13-20(16(19)3)25-8-6-24-7-9-25/h10-13,18,24H,4-9H2,1-3H3. The number of Topliss-reactive ketones (excluding diaryl/α,β-unsaturated/α-hetero) is 1. The fraction of sp³-hybridized carbons (Fsp3) is 0.455. The summed E-state index contributed by atoms with van der Waals surface area (Å²) in [5, 5.41) is 3.92. The summed E-state index contributed by atoms with van der Waals surface area (Å²) >= 11 is 6.33. The monoisotopic (exact) mass is 386 g/mol. The van der Waals surface area contributed by atoms with E-state index in [0.717, 1.165) is 48.6 Å². The number of halogens is 1. The predicted molar refractivity (Wildman–Crippen MR) is 111 cm³/mol. The lowest BCUT2D eigenvalue weighted by Crippen LogP contribution is -2.43. The van der Waals surface area contributed by atoms with Gasteiger partial charge in [-0.1, -0.05) is 23.3 Å². The molecule has 0 amide bonds. The summed E-state index contributed by atoms with van der Waals surface area (Å²) in [6.45, 7) is 9.55. The molecule has 0 radical (unpaired) electrons. The molecular weight excluding hydrogens is 360 g/mol. The predicted octanol–water partition coefficient (Wildman–Crippen LogP) is 4.11. The third kappa shape index (κ3) is 4.50. The molecule has 4 nitrogen and oxygen atoms in total. The Kier molecular flexibility index (Phi) is 6.18. The minimum absolute atomic E-state index is 0.0539. The average molecular weight is 387 g/mol. The van der Waals surface area contributed by atoms with E-state index in [0.29, 0.717) is 23.4 Å². The highest BCUT2D eigenvalue weighted by Gasteiger charge is 2.24. The second-order valence-electron chi connectivity index (χ2n) is 7.53. The van der Waals surface area contributed by atoms with Crippen LogP contribution in [0.2, 0.25) is 5.02 Å². The van der Waals surface area contributed by atoms with Crippen molar-refractivity contribution in [3.63, 3.8) is 0 Å². The molecule has 1 aliphatic carbocycles. The summed E-state index contributed by atoms with van der Waals surface area (Å²) in [5.74, 6) is -0.0346. The van der Waals surface area contributed by atoms with Gasteiger partial charge in [-0.25, -0.2) is 0 Å². The van der Waals surface area contributed by atoms with Crippen molar-refractivity contribution in [1.29, 1.82) is 0 Å². The fourth-order valence-electron chi connectivity index (χ4n) is 4.02. The summed E-state index contributed by atoms with van der Waals surface area (Å²) in [6, 6.07) is 3.71. The number of benzene rings is 1. The number of allylic oxidation sites excluding steroid dienone is 4. The molecule has 1 N–H and O–H groups in total. The molecule has 3 rings (SSSR count). The Morgan fingerprint density at radius 2 is 1.89 bits per heavy atom. The number of anilines is 1. The molecule has 5 heteroatoms. The van der Waals surface area contributed by atoms with Crippen molar-refractivity contribution in [2.45, 2.75) is 33.6 Å². The van der Waals surface area contributed by atoms with Gasteiger partial charge in [0, 0.05) is 54.8 Å². The van der Waals surface area contributed by atoms with Crippen LogP contribution in [0.5, 0.6) is 0 Å². The molecule has 0 spiro atoms. The van der Waals surface area contributed by atoms with Crippen molar-refractivity contribution in [3.8, 4) is 0 Å². The molecule has 27 heavy (non-hydrogen) atoms. The summed E-state index contributed by atoms with van der Waals surface area (Å²) in [6.07, 6.45) is 4.59. The van der Waals surface area contributed by atoms with E-state index in [1.54, 1.807) is 12.1 Å². The third-order valence-corrected chi connectivity index (χ3v) is 5.70. The lowest BCUT2D eigenvalue weighted by molar-refractivity contribution is -0.117. The smallest absolute Gasteiger partial charge is 0.163 e. The van der Waals surface area contributed by atoms with Crippen LogP contribution < -0.4 is 10.2 Å². The molecule has 1 heterocycles. The van der Waals surface area contributed by atoms with Crippen LogP contribution >= 0.6 is 11.6 Å². The number of piperazine rings is 1. The Labute approximate surface area is 166 Å². The Morgan fingerprint density at radius 3 is 2.56 bits per heavy atom. The van der Waals surface area contributed by atoms with Crippen molar-refractivity contribution in [3.05, 3.63) is 51.6 Å². The van der Waals surface area contributed by atoms with Gasteiger partial charge < -0.3 is 10.2 Å². The molecule has 144 valence electrons. The summed E-state index contributed by atoms with van der Waals surface area (Å²) in [7, 11) is 0. The maximum Gasteiger partial charge on any atom is 0.163 e. The molecule has 1 atom stereocenters. The second kappa shape index (κ2) is 8.41. The van der Waals surface area contributed by atoms with Gasteiger partial charge in [-0.3, -0.25) is 9.59 Å². The maximum atomic E-state index is 12.9. The lowest BCUT2D eigenvalue weighted by Gasteiger charge is -2.31. The first-order valence-corrected chi connectivity index (χ1v) is 9.94. The molecule has 1 aromatic carbocycles. The van der Waals surface area contributed by atoms with E-state index < -0.39 is 0 Å². The topological polar surface area (TPSA) is 49.4 Å². The normalized spacial score (nSPS) is 20.4. The Balaban J connectivity index is 1.76. The van der Waals surface area contributed by atoms with Gasteiger partial charge in [-0.15, -0.1) is 0 Å². The van der Waals surface area contributed by atoms with Crippen LogP contribution in [0.15, 0.2) is 35.4 Å². The lowest BCUT2D eigenvalue weighted by atomic mass is 9.84. The van der Waals surface area contributed by atoms with Crippen LogP contribution in [0.3, 0.4) is 0 Å². The minimum atomic E-state index is -0.190. The quantitative estimate of drug-likeness (QED) is 0.773. The molecule has 1 fully saturated rings. The van der Waals surface area contributed by atoms with E-state index in [1.807, 2.05) is 32.9 Å². The molecule has 2 aliphatic rings. The van der Waals surface area contributed by atoms with Gasteiger partial charge in [0.15, 0.2) is 11.6 Å². The largest absolute Gasteiger partial charge is 0.369 e. The van der Waals surface area contributed by atoms with Gasteiger partial charge in [0.25, 0.3) is 0 Å². The Morgan fingerprint density at radius 1 is 1.19 bits per heavy atom. The van der Waals surface area contributed by atoms with Crippen molar-refractivity contribution < 1.29 is 9.59 Å². The molecule has 1 unspecified atom stereocenters. The molecule has 1 aliphatic heterocycles. The van der Waals surface area contributed by atoms with Crippen LogP contribution in [0.1, 0.15) is 42.6 Å². The second-order valence-corrected chi connectivity index (χ2v) is 7.96. The number of nitrogens with one attached hydrogen (secondary N) is 1. The van der Waals surface area contributed by atoms with Crippen LogP contribution in [-0.4, -0.2) is 37.7 Å². The number of carbonyl (C=O) groups excluding carboxylic acids is 2. The van der Waals surface area contributed by atoms with Crippen LogP contribution in [-0.2, 0) is 4.79 Å².